The van der Waals surface area contributed by atoms with Gasteiger partial charge in [-0.2, -0.15) is 13.5 Å². The predicted molar refractivity (Wildman–Crippen MR) is 81.5 cm³/mol. The van der Waals surface area contributed by atoms with Crippen molar-refractivity contribution in [1.82, 2.24) is 23.4 Å². The zero-order chi connectivity index (χ0) is 16.4. The number of hydrogen-bond acceptors (Lipinski definition) is 7. The van der Waals surface area contributed by atoms with Gasteiger partial charge in [0.2, 0.25) is 10.0 Å². The number of aliphatic carboxylic acids is 1. The number of fused-ring (bicyclic) bond motifs is 1. The van der Waals surface area contributed by atoms with E-state index in [0.717, 1.165) is 11.7 Å². The third kappa shape index (κ3) is 3.21. The van der Waals surface area contributed by atoms with Gasteiger partial charge in [-0.25, -0.2) is 13.4 Å². The summed E-state index contributed by atoms with van der Waals surface area (Å²) >= 11 is 0.890. The second kappa shape index (κ2) is 6.02. The number of aromatic nitrogens is 4. The Labute approximate surface area is 134 Å². The quantitative estimate of drug-likeness (QED) is 0.582. The summed E-state index contributed by atoms with van der Waals surface area (Å²) in [5, 5.41) is 9.27. The molecule has 0 spiro atoms. The average molecular weight is 353 g/mol. The first kappa shape index (κ1) is 15.5. The molecule has 0 amide bonds. The van der Waals surface area contributed by atoms with Crippen LogP contribution >= 0.6 is 11.7 Å². The Balaban J connectivity index is 1.92. The van der Waals surface area contributed by atoms with Crippen LogP contribution in [0.3, 0.4) is 0 Å². The lowest BCUT2D eigenvalue weighted by Crippen LogP contribution is -2.42. The first-order valence-electron chi connectivity index (χ1n) is 6.41. The van der Waals surface area contributed by atoms with Crippen LogP contribution in [0.1, 0.15) is 5.69 Å². The van der Waals surface area contributed by atoms with Crippen LogP contribution in [0.15, 0.2) is 35.6 Å². The number of carboxylic acid groups (broad SMARTS) is 1. The summed E-state index contributed by atoms with van der Waals surface area (Å²) in [6, 6.07) is 3.20. The minimum atomic E-state index is -4.07. The molecule has 3 N–H and O–H groups in total. The van der Waals surface area contributed by atoms with Crippen LogP contribution in [0.25, 0.3) is 11.0 Å². The molecule has 1 unspecified atom stereocenters. The van der Waals surface area contributed by atoms with E-state index in [4.69, 9.17) is 0 Å². The maximum absolute atomic E-state index is 12.5. The molecule has 0 aliphatic carbocycles. The molecule has 0 saturated carbocycles. The van der Waals surface area contributed by atoms with Crippen LogP contribution < -0.4 is 4.72 Å². The maximum atomic E-state index is 12.5. The fraction of sp³-hybridized carbons (Fsp3) is 0.167. The monoisotopic (exact) mass is 353 g/mol. The molecule has 120 valence electrons. The highest BCUT2D eigenvalue weighted by atomic mass is 32.2. The predicted octanol–water partition coefficient (Wildman–Crippen LogP) is 0.389. The summed E-state index contributed by atoms with van der Waals surface area (Å²) in [4.78, 5) is 17.8. The highest BCUT2D eigenvalue weighted by molar-refractivity contribution is 7.89. The van der Waals surface area contributed by atoms with Gasteiger partial charge in [0, 0.05) is 18.3 Å². The zero-order valence-corrected chi connectivity index (χ0v) is 13.1. The van der Waals surface area contributed by atoms with Crippen LogP contribution in [-0.2, 0) is 21.2 Å². The largest absolute Gasteiger partial charge is 0.480 e. The van der Waals surface area contributed by atoms with Gasteiger partial charge in [-0.15, -0.1) is 0 Å². The maximum Gasteiger partial charge on any atom is 0.322 e. The fourth-order valence-corrected chi connectivity index (χ4v) is 4.00. The van der Waals surface area contributed by atoms with Gasteiger partial charge in [0.15, 0.2) is 0 Å². The SMILES string of the molecule is O=C(O)C(Cc1cnc[nH]1)NS(=O)(=O)c1cccc2nsnc12. The van der Waals surface area contributed by atoms with Crippen LogP contribution in [-0.4, -0.2) is 44.3 Å². The molecule has 0 radical (unpaired) electrons. The molecule has 0 saturated heterocycles. The standard InChI is InChI=1S/C12H11N5O4S2/c18-12(19)9(4-7-5-13-6-14-7)17-23(20,21)10-3-1-2-8-11(10)16-22-15-8/h1-3,5-6,9,17H,4H2,(H,13,14)(H,18,19). The number of H-pyrrole nitrogens is 1. The summed E-state index contributed by atoms with van der Waals surface area (Å²) in [5.74, 6) is -1.29. The van der Waals surface area contributed by atoms with E-state index in [2.05, 4.69) is 23.4 Å². The van der Waals surface area contributed by atoms with Gasteiger partial charge >= 0.3 is 5.97 Å². The van der Waals surface area contributed by atoms with E-state index in [9.17, 15) is 18.3 Å². The van der Waals surface area contributed by atoms with Gasteiger partial charge in [0.25, 0.3) is 0 Å². The highest BCUT2D eigenvalue weighted by Gasteiger charge is 2.28. The number of aromatic amines is 1. The Kier molecular flexibility index (Phi) is 4.07. The molecule has 23 heavy (non-hydrogen) atoms. The molecule has 0 aliphatic heterocycles. The van der Waals surface area contributed by atoms with Crippen molar-refractivity contribution >= 4 is 38.8 Å². The molecule has 1 atom stereocenters. The van der Waals surface area contributed by atoms with E-state index in [1.807, 2.05) is 0 Å². The van der Waals surface area contributed by atoms with Crippen molar-refractivity contribution in [2.24, 2.45) is 0 Å². The van der Waals surface area contributed by atoms with E-state index in [0.29, 0.717) is 11.2 Å². The minimum absolute atomic E-state index is 0.0557. The Morgan fingerprint density at radius 1 is 1.39 bits per heavy atom. The molecule has 3 rings (SSSR count). The summed E-state index contributed by atoms with van der Waals surface area (Å²) in [5.41, 5.74) is 1.17. The lowest BCUT2D eigenvalue weighted by Gasteiger charge is -2.14. The van der Waals surface area contributed by atoms with Gasteiger partial charge in [-0.05, 0) is 12.1 Å². The van der Waals surface area contributed by atoms with Crippen LogP contribution in [0, 0.1) is 0 Å². The number of rotatable bonds is 6. The Hall–Kier alpha value is -2.37. The molecule has 9 nitrogen and oxygen atoms in total. The van der Waals surface area contributed by atoms with Crippen molar-refractivity contribution in [3.63, 3.8) is 0 Å². The van der Waals surface area contributed by atoms with Crippen molar-refractivity contribution < 1.29 is 18.3 Å². The number of carboxylic acids is 1. The first-order chi connectivity index (χ1) is 11.0. The van der Waals surface area contributed by atoms with E-state index in [-0.39, 0.29) is 16.8 Å². The summed E-state index contributed by atoms with van der Waals surface area (Å²) < 4.78 is 35.2. The van der Waals surface area contributed by atoms with E-state index in [1.54, 1.807) is 6.07 Å². The summed E-state index contributed by atoms with van der Waals surface area (Å²) in [6.45, 7) is 0. The number of nitrogens with zero attached hydrogens (tertiary/aromatic N) is 3. The number of sulfonamides is 1. The number of benzene rings is 1. The lowest BCUT2D eigenvalue weighted by molar-refractivity contribution is -0.138. The van der Waals surface area contributed by atoms with Gasteiger partial charge in [-0.3, -0.25) is 4.79 Å². The molecule has 0 bridgehead atoms. The average Bonchev–Trinajstić information content (AvgIpc) is 3.16. The van der Waals surface area contributed by atoms with E-state index < -0.39 is 22.0 Å². The first-order valence-corrected chi connectivity index (χ1v) is 8.62. The number of nitrogens with one attached hydrogen (secondary N) is 2. The molecule has 0 fully saturated rings. The second-order valence-electron chi connectivity index (χ2n) is 4.68. The van der Waals surface area contributed by atoms with Crippen LogP contribution in [0.2, 0.25) is 0 Å². The normalized spacial score (nSPS) is 13.2. The zero-order valence-electron chi connectivity index (χ0n) is 11.5. The van der Waals surface area contributed by atoms with Crippen molar-refractivity contribution in [3.8, 4) is 0 Å². The molecule has 3 aromatic rings. The van der Waals surface area contributed by atoms with Gasteiger partial charge in [-0.1, -0.05) is 6.07 Å². The Bertz CT molecular complexity index is 935. The van der Waals surface area contributed by atoms with Crippen LogP contribution in [0.5, 0.6) is 0 Å². The molecule has 0 aliphatic rings. The van der Waals surface area contributed by atoms with Gasteiger partial charge < -0.3 is 10.1 Å². The molecule has 2 heterocycles. The summed E-state index contributed by atoms with van der Waals surface area (Å²) in [7, 11) is -4.07. The van der Waals surface area contributed by atoms with Crippen molar-refractivity contribution in [3.05, 3.63) is 36.4 Å². The Morgan fingerprint density at radius 2 is 2.22 bits per heavy atom. The van der Waals surface area contributed by atoms with Crippen molar-refractivity contribution in [1.29, 1.82) is 0 Å². The molecule has 2 aromatic heterocycles. The summed E-state index contributed by atoms with van der Waals surface area (Å²) in [6.07, 6.45) is 2.78. The molecule has 11 heteroatoms. The topological polar surface area (TPSA) is 138 Å². The van der Waals surface area contributed by atoms with E-state index in [1.165, 1.54) is 24.7 Å². The minimum Gasteiger partial charge on any atom is -0.480 e. The lowest BCUT2D eigenvalue weighted by atomic mass is 10.2. The molecular weight excluding hydrogens is 342 g/mol. The van der Waals surface area contributed by atoms with Gasteiger partial charge in [0.05, 0.1) is 18.1 Å². The smallest absolute Gasteiger partial charge is 0.322 e. The number of carbonyl (C=O) groups is 1. The molecular formula is C12H11N5O4S2. The number of imidazole rings is 1. The Morgan fingerprint density at radius 3 is 2.91 bits per heavy atom. The third-order valence-corrected chi connectivity index (χ3v) is 5.16. The van der Waals surface area contributed by atoms with Crippen molar-refractivity contribution in [2.75, 3.05) is 0 Å². The van der Waals surface area contributed by atoms with E-state index >= 15 is 0 Å². The van der Waals surface area contributed by atoms with Crippen molar-refractivity contribution in [2.45, 2.75) is 17.4 Å². The van der Waals surface area contributed by atoms with Gasteiger partial charge in [0.1, 0.15) is 22.0 Å². The highest BCUT2D eigenvalue weighted by Crippen LogP contribution is 2.21. The van der Waals surface area contributed by atoms with Crippen LogP contribution in [0.4, 0.5) is 0 Å². The molecule has 1 aromatic carbocycles. The number of hydrogen-bond donors (Lipinski definition) is 3. The second-order valence-corrected chi connectivity index (χ2v) is 6.89. The fourth-order valence-electron chi connectivity index (χ4n) is 2.04. The third-order valence-electron chi connectivity index (χ3n) is 3.11.